The minimum absolute atomic E-state index is 0.121. The lowest BCUT2D eigenvalue weighted by molar-refractivity contribution is -0.167. The second-order valence-corrected chi connectivity index (χ2v) is 16.6. The number of rotatable bonds is 45. The Balaban J connectivity index is 4.54. The molecule has 67 heavy (non-hydrogen) atoms. The molecule has 0 aliphatic carbocycles. The lowest BCUT2D eigenvalue weighted by Gasteiger charge is -2.18. The van der Waals surface area contributed by atoms with Gasteiger partial charge in [-0.2, -0.15) is 0 Å². The molecule has 1 atom stereocenters. The molecule has 0 spiro atoms. The Morgan fingerprint density at radius 1 is 0.299 bits per heavy atom. The van der Waals surface area contributed by atoms with Crippen molar-refractivity contribution >= 4 is 17.9 Å². The topological polar surface area (TPSA) is 78.9 Å². The SMILES string of the molecule is CC/C=C\C/C=C\C/C=C\C/C=C\C/C=C\C/C=C\CCCCC(=O)OCC(COC(=O)CCCCC/C=C\C/C=C\C/C=C\CC)OC(=O)CCCCCCC/C=C\C/C=C\C/C=C\CC. The predicted octanol–water partition coefficient (Wildman–Crippen LogP) is 17.6. The molecule has 0 aromatic heterocycles. The van der Waals surface area contributed by atoms with Crippen molar-refractivity contribution in [2.24, 2.45) is 0 Å². The van der Waals surface area contributed by atoms with E-state index in [0.717, 1.165) is 154 Å². The third-order valence-electron chi connectivity index (χ3n) is 10.3. The molecule has 1 unspecified atom stereocenters. The minimum atomic E-state index is -0.824. The molecule has 0 saturated heterocycles. The van der Waals surface area contributed by atoms with Crippen molar-refractivity contribution in [2.45, 2.75) is 207 Å². The van der Waals surface area contributed by atoms with E-state index in [1.54, 1.807) is 0 Å². The zero-order valence-corrected chi connectivity index (χ0v) is 42.6. The van der Waals surface area contributed by atoms with Crippen LogP contribution in [0.25, 0.3) is 0 Å². The van der Waals surface area contributed by atoms with Crippen LogP contribution < -0.4 is 0 Å². The molecule has 0 rings (SSSR count). The first-order valence-corrected chi connectivity index (χ1v) is 26.3. The van der Waals surface area contributed by atoms with Crippen LogP contribution in [0.2, 0.25) is 0 Å². The maximum absolute atomic E-state index is 12.8. The first kappa shape index (κ1) is 62.3. The van der Waals surface area contributed by atoms with Crippen molar-refractivity contribution in [2.75, 3.05) is 13.2 Å². The highest BCUT2D eigenvalue weighted by molar-refractivity contribution is 5.71. The van der Waals surface area contributed by atoms with Crippen LogP contribution in [-0.4, -0.2) is 37.2 Å². The lowest BCUT2D eigenvalue weighted by Crippen LogP contribution is -2.30. The summed E-state index contributed by atoms with van der Waals surface area (Å²) in [4.78, 5) is 38.0. The number of hydrogen-bond donors (Lipinski definition) is 0. The molecule has 0 bridgehead atoms. The number of unbranched alkanes of at least 4 members (excludes halogenated alkanes) is 10. The van der Waals surface area contributed by atoms with Crippen molar-refractivity contribution in [1.82, 2.24) is 0 Å². The summed E-state index contributed by atoms with van der Waals surface area (Å²) in [5, 5.41) is 0. The standard InChI is InChI=1S/C61H94O6/c1-4-7-10-13-16-19-22-25-27-28-29-30-31-32-34-36-39-42-45-48-51-54-60(63)66-57-58(56-65-59(62)53-50-47-44-41-38-35-24-21-18-15-12-9-6-3)67-61(64)55-52-49-46-43-40-37-33-26-23-20-17-14-11-8-5-2/h7-12,16-21,25-27,29-30,32-35,38-39,42,58H,4-6,13-15,22-24,28,31,36-37,40-41,43-57H2,1-3H3/b10-7-,11-8-,12-9-,19-16-,20-17-,21-18-,27-25-,30-29-,33-26-,34-32-,38-35-,42-39-. The van der Waals surface area contributed by atoms with Gasteiger partial charge in [-0.15, -0.1) is 0 Å². The summed E-state index contributed by atoms with van der Waals surface area (Å²) in [6.07, 6.45) is 76.9. The number of carbonyl (C=O) groups is 3. The van der Waals surface area contributed by atoms with Gasteiger partial charge in [0.05, 0.1) is 0 Å². The molecule has 0 fully saturated rings. The van der Waals surface area contributed by atoms with Crippen molar-refractivity contribution in [3.8, 4) is 0 Å². The van der Waals surface area contributed by atoms with Gasteiger partial charge in [-0.1, -0.05) is 192 Å². The lowest BCUT2D eigenvalue weighted by atomic mass is 10.1. The van der Waals surface area contributed by atoms with Gasteiger partial charge in [0.1, 0.15) is 13.2 Å². The van der Waals surface area contributed by atoms with Gasteiger partial charge in [-0.25, -0.2) is 0 Å². The van der Waals surface area contributed by atoms with Crippen LogP contribution >= 0.6 is 0 Å². The summed E-state index contributed by atoms with van der Waals surface area (Å²) in [5.41, 5.74) is 0. The van der Waals surface area contributed by atoms with Gasteiger partial charge in [0, 0.05) is 19.3 Å². The van der Waals surface area contributed by atoms with E-state index in [-0.39, 0.29) is 44.0 Å². The van der Waals surface area contributed by atoms with Crippen LogP contribution in [0.4, 0.5) is 0 Å². The molecule has 0 amide bonds. The number of esters is 3. The molecule has 0 aromatic carbocycles. The molecular weight excluding hydrogens is 829 g/mol. The first-order chi connectivity index (χ1) is 33.0. The van der Waals surface area contributed by atoms with Gasteiger partial charge in [0.2, 0.25) is 0 Å². The van der Waals surface area contributed by atoms with Gasteiger partial charge in [0.15, 0.2) is 6.10 Å². The third kappa shape index (κ3) is 52.1. The molecule has 0 aliphatic rings. The summed E-state index contributed by atoms with van der Waals surface area (Å²) >= 11 is 0. The monoisotopic (exact) mass is 923 g/mol. The summed E-state index contributed by atoms with van der Waals surface area (Å²) in [7, 11) is 0. The quantitative estimate of drug-likeness (QED) is 0.0262. The molecule has 0 radical (unpaired) electrons. The van der Waals surface area contributed by atoms with Gasteiger partial charge in [-0.05, 0) is 135 Å². The number of carbonyl (C=O) groups excluding carboxylic acids is 3. The maximum atomic E-state index is 12.8. The number of hydrogen-bond acceptors (Lipinski definition) is 6. The predicted molar refractivity (Wildman–Crippen MR) is 288 cm³/mol. The van der Waals surface area contributed by atoms with Gasteiger partial charge in [0.25, 0.3) is 0 Å². The maximum Gasteiger partial charge on any atom is 0.306 e. The van der Waals surface area contributed by atoms with Crippen LogP contribution in [0.3, 0.4) is 0 Å². The van der Waals surface area contributed by atoms with E-state index in [9.17, 15) is 14.4 Å². The Kier molecular flexibility index (Phi) is 50.1. The van der Waals surface area contributed by atoms with E-state index >= 15 is 0 Å². The average molecular weight is 923 g/mol. The second-order valence-electron chi connectivity index (χ2n) is 16.6. The molecule has 0 N–H and O–H groups in total. The molecular formula is C61H94O6. The smallest absolute Gasteiger partial charge is 0.306 e. The summed E-state index contributed by atoms with van der Waals surface area (Å²) in [5.74, 6) is -1.02. The molecule has 6 nitrogen and oxygen atoms in total. The van der Waals surface area contributed by atoms with Gasteiger partial charge >= 0.3 is 17.9 Å². The van der Waals surface area contributed by atoms with E-state index < -0.39 is 6.10 Å². The van der Waals surface area contributed by atoms with E-state index in [1.165, 1.54) is 0 Å². The van der Waals surface area contributed by atoms with Crippen molar-refractivity contribution in [3.05, 3.63) is 146 Å². The molecule has 6 heteroatoms. The minimum Gasteiger partial charge on any atom is -0.462 e. The Morgan fingerprint density at radius 3 is 0.881 bits per heavy atom. The first-order valence-electron chi connectivity index (χ1n) is 26.3. The van der Waals surface area contributed by atoms with E-state index in [4.69, 9.17) is 14.2 Å². The van der Waals surface area contributed by atoms with Crippen LogP contribution in [0, 0.1) is 0 Å². The highest BCUT2D eigenvalue weighted by atomic mass is 16.6. The Hall–Kier alpha value is -4.71. The van der Waals surface area contributed by atoms with Crippen molar-refractivity contribution < 1.29 is 28.6 Å². The van der Waals surface area contributed by atoms with E-state index in [1.807, 2.05) is 0 Å². The highest BCUT2D eigenvalue weighted by Gasteiger charge is 2.19. The normalized spacial score (nSPS) is 13.3. The fourth-order valence-corrected chi connectivity index (χ4v) is 6.47. The van der Waals surface area contributed by atoms with Crippen LogP contribution in [0.5, 0.6) is 0 Å². The van der Waals surface area contributed by atoms with Gasteiger partial charge in [-0.3, -0.25) is 14.4 Å². The Labute approximate surface area is 410 Å². The van der Waals surface area contributed by atoms with Crippen molar-refractivity contribution in [3.63, 3.8) is 0 Å². The highest BCUT2D eigenvalue weighted by Crippen LogP contribution is 2.12. The zero-order valence-electron chi connectivity index (χ0n) is 42.6. The average Bonchev–Trinajstić information content (AvgIpc) is 3.33. The van der Waals surface area contributed by atoms with Gasteiger partial charge < -0.3 is 14.2 Å². The fourth-order valence-electron chi connectivity index (χ4n) is 6.47. The summed E-state index contributed by atoms with van der Waals surface area (Å²) in [6, 6.07) is 0. The van der Waals surface area contributed by atoms with Crippen molar-refractivity contribution in [1.29, 1.82) is 0 Å². The number of ether oxygens (including phenoxy) is 3. The Bertz CT molecular complexity index is 1530. The molecule has 0 aromatic rings. The third-order valence-corrected chi connectivity index (χ3v) is 10.3. The molecule has 0 saturated carbocycles. The van der Waals surface area contributed by atoms with Crippen LogP contribution in [0.1, 0.15) is 201 Å². The zero-order chi connectivity index (χ0) is 48.6. The Morgan fingerprint density at radius 2 is 0.537 bits per heavy atom. The summed E-state index contributed by atoms with van der Waals surface area (Å²) < 4.78 is 16.7. The molecule has 0 aliphatic heterocycles. The number of allylic oxidation sites excluding steroid dienone is 24. The second kappa shape index (κ2) is 53.9. The largest absolute Gasteiger partial charge is 0.462 e. The molecule has 374 valence electrons. The fraction of sp³-hybridized carbons (Fsp3) is 0.557. The molecule has 0 heterocycles. The van der Waals surface area contributed by atoms with Crippen LogP contribution in [0.15, 0.2) is 146 Å². The van der Waals surface area contributed by atoms with Crippen LogP contribution in [-0.2, 0) is 28.6 Å². The van der Waals surface area contributed by atoms with E-state index in [0.29, 0.717) is 12.8 Å². The summed E-state index contributed by atoms with van der Waals surface area (Å²) in [6.45, 7) is 6.19. The van der Waals surface area contributed by atoms with E-state index in [2.05, 4.69) is 167 Å².